The van der Waals surface area contributed by atoms with Gasteiger partial charge in [-0.3, -0.25) is 3.97 Å². The van der Waals surface area contributed by atoms with Crippen LogP contribution in [0.25, 0.3) is 11.0 Å². The van der Waals surface area contributed by atoms with Crippen molar-refractivity contribution in [1.82, 2.24) is 8.96 Å². The molecule has 1 aliphatic rings. The minimum Gasteiger partial charge on any atom is -0.481 e. The summed E-state index contributed by atoms with van der Waals surface area (Å²) in [6.07, 6.45) is 1.99. The molecule has 118 valence electrons. The van der Waals surface area contributed by atoms with Gasteiger partial charge in [0.2, 0.25) is 5.88 Å². The molecule has 0 saturated carbocycles. The van der Waals surface area contributed by atoms with Gasteiger partial charge in [-0.1, -0.05) is 0 Å². The van der Waals surface area contributed by atoms with E-state index in [1.165, 1.54) is 0 Å². The van der Waals surface area contributed by atoms with Crippen LogP contribution in [0.3, 0.4) is 0 Å². The van der Waals surface area contributed by atoms with Crippen LogP contribution in [0.2, 0.25) is 0 Å². The van der Waals surface area contributed by atoms with Crippen molar-refractivity contribution in [3.63, 3.8) is 0 Å². The van der Waals surface area contributed by atoms with E-state index in [1.807, 2.05) is 22.3 Å². The number of pyridine rings is 1. The van der Waals surface area contributed by atoms with Crippen LogP contribution in [0.5, 0.6) is 5.88 Å². The van der Waals surface area contributed by atoms with Crippen LogP contribution in [0.15, 0.2) is 18.3 Å². The molecule has 1 fully saturated rings. The molecule has 0 amide bonds. The lowest BCUT2D eigenvalue weighted by Gasteiger charge is -2.32. The zero-order chi connectivity index (χ0) is 16.1. The maximum Gasteiger partial charge on any atom is 0.495 e. The standard InChI is InChI=1S/C14H18BIN2O3S/c1-13(2)14(3,4)21-15(20-13)10-8-11(19-5)17-12-9(10)6-7-18(12)22-16/h6-8H,1-5H3. The number of hydrogen-bond donors (Lipinski definition) is 0. The van der Waals surface area contributed by atoms with Gasteiger partial charge in [-0.25, -0.2) is 0 Å². The van der Waals surface area contributed by atoms with Gasteiger partial charge in [-0.15, -0.1) is 0 Å². The molecule has 1 aliphatic heterocycles. The summed E-state index contributed by atoms with van der Waals surface area (Å²) in [6, 6.07) is 3.93. The second-order valence-electron chi connectivity index (χ2n) is 6.29. The summed E-state index contributed by atoms with van der Waals surface area (Å²) >= 11 is 2.23. The van der Waals surface area contributed by atoms with Crippen molar-refractivity contribution in [3.05, 3.63) is 18.3 Å². The van der Waals surface area contributed by atoms with Crippen LogP contribution in [0.1, 0.15) is 27.7 Å². The lowest BCUT2D eigenvalue weighted by molar-refractivity contribution is 0.00578. The molecule has 3 rings (SSSR count). The lowest BCUT2D eigenvalue weighted by Crippen LogP contribution is -2.41. The minimum atomic E-state index is -0.431. The zero-order valence-corrected chi connectivity index (χ0v) is 16.2. The van der Waals surface area contributed by atoms with E-state index in [1.54, 1.807) is 16.2 Å². The van der Waals surface area contributed by atoms with E-state index in [0.29, 0.717) is 5.88 Å². The number of rotatable bonds is 3. The lowest BCUT2D eigenvalue weighted by atomic mass is 9.77. The van der Waals surface area contributed by atoms with Gasteiger partial charge >= 0.3 is 7.12 Å². The molecule has 1 saturated heterocycles. The SMILES string of the molecule is COc1cc(B2OC(C)(C)C(C)(C)O2)c2ccn(SI)c2n1. The van der Waals surface area contributed by atoms with Crippen molar-refractivity contribution in [2.75, 3.05) is 7.11 Å². The molecule has 0 aromatic carbocycles. The fraction of sp³-hybridized carbons (Fsp3) is 0.500. The van der Waals surface area contributed by atoms with E-state index in [-0.39, 0.29) is 11.2 Å². The Morgan fingerprint density at radius 2 is 1.91 bits per heavy atom. The maximum absolute atomic E-state index is 6.18. The predicted molar refractivity (Wildman–Crippen MR) is 99.0 cm³/mol. The number of ether oxygens (including phenoxy) is 1. The minimum absolute atomic E-state index is 0.374. The molecule has 5 nitrogen and oxygen atoms in total. The van der Waals surface area contributed by atoms with Gasteiger partial charge in [0.1, 0.15) is 0 Å². The van der Waals surface area contributed by atoms with Crippen LogP contribution < -0.4 is 10.2 Å². The molecule has 2 aromatic heterocycles. The van der Waals surface area contributed by atoms with E-state index < -0.39 is 7.12 Å². The highest BCUT2D eigenvalue weighted by atomic mass is 127. The Morgan fingerprint density at radius 1 is 1.27 bits per heavy atom. The Bertz CT molecular complexity index is 703. The maximum atomic E-state index is 6.18. The molecule has 0 unspecified atom stereocenters. The Labute approximate surface area is 147 Å². The Balaban J connectivity index is 2.13. The molecule has 22 heavy (non-hydrogen) atoms. The normalized spacial score (nSPS) is 19.8. The average Bonchev–Trinajstić information content (AvgIpc) is 2.96. The third-order valence-corrected chi connectivity index (χ3v) is 6.14. The third-order valence-electron chi connectivity index (χ3n) is 4.42. The first-order valence-corrected chi connectivity index (χ1v) is 10.3. The summed E-state index contributed by atoms with van der Waals surface area (Å²) < 4.78 is 19.7. The van der Waals surface area contributed by atoms with Gasteiger partial charge in [0, 0.05) is 48.0 Å². The third kappa shape index (κ3) is 2.53. The smallest absolute Gasteiger partial charge is 0.481 e. The molecular formula is C14H18BIN2O3S. The fourth-order valence-electron chi connectivity index (χ4n) is 2.41. The van der Waals surface area contributed by atoms with Crippen LogP contribution in [0, 0.1) is 0 Å². The van der Waals surface area contributed by atoms with Crippen LogP contribution in [-0.2, 0) is 9.31 Å². The quantitative estimate of drug-likeness (QED) is 0.551. The first-order chi connectivity index (χ1) is 10.3. The van der Waals surface area contributed by atoms with E-state index in [4.69, 9.17) is 14.0 Å². The van der Waals surface area contributed by atoms with Crippen LogP contribution >= 0.6 is 30.3 Å². The molecule has 0 bridgehead atoms. The number of halogens is 1. The molecule has 0 spiro atoms. The van der Waals surface area contributed by atoms with Crippen LogP contribution in [-0.4, -0.2) is 34.4 Å². The topological polar surface area (TPSA) is 45.5 Å². The first-order valence-electron chi connectivity index (χ1n) is 7.00. The first kappa shape index (κ1) is 16.4. The number of fused-ring (bicyclic) bond motifs is 1. The Morgan fingerprint density at radius 3 is 2.45 bits per heavy atom. The summed E-state index contributed by atoms with van der Waals surface area (Å²) in [6.45, 7) is 8.20. The van der Waals surface area contributed by atoms with Gasteiger partial charge in [-0.2, -0.15) is 4.98 Å². The van der Waals surface area contributed by atoms with E-state index in [0.717, 1.165) is 16.5 Å². The van der Waals surface area contributed by atoms with Crippen molar-refractivity contribution in [3.8, 4) is 5.88 Å². The van der Waals surface area contributed by atoms with Gasteiger partial charge in [0.25, 0.3) is 0 Å². The molecular weight excluding hydrogens is 414 g/mol. The molecule has 8 heteroatoms. The fourth-order valence-corrected chi connectivity index (χ4v) is 3.68. The number of aromatic nitrogens is 2. The molecule has 0 aliphatic carbocycles. The Kier molecular flexibility index (Phi) is 4.16. The van der Waals surface area contributed by atoms with Crippen LogP contribution in [0.4, 0.5) is 0 Å². The number of nitrogens with zero attached hydrogens (tertiary/aromatic N) is 2. The van der Waals surface area contributed by atoms with E-state index >= 15 is 0 Å². The second kappa shape index (κ2) is 5.57. The summed E-state index contributed by atoms with van der Waals surface area (Å²) in [5.74, 6) is 0.558. The molecule has 0 atom stereocenters. The highest BCUT2D eigenvalue weighted by molar-refractivity contribution is 14.2. The molecule has 3 heterocycles. The second-order valence-corrected chi connectivity index (χ2v) is 8.00. The van der Waals surface area contributed by atoms with Gasteiger partial charge in [-0.05, 0) is 39.2 Å². The van der Waals surface area contributed by atoms with Gasteiger partial charge < -0.3 is 14.0 Å². The monoisotopic (exact) mass is 432 g/mol. The average molecular weight is 432 g/mol. The highest BCUT2D eigenvalue weighted by Gasteiger charge is 2.52. The van der Waals surface area contributed by atoms with E-state index in [2.05, 4.69) is 53.9 Å². The van der Waals surface area contributed by atoms with Crippen molar-refractivity contribution in [2.45, 2.75) is 38.9 Å². The molecule has 0 radical (unpaired) electrons. The van der Waals surface area contributed by atoms with Crippen molar-refractivity contribution in [2.24, 2.45) is 0 Å². The van der Waals surface area contributed by atoms with Gasteiger partial charge in [0.05, 0.1) is 18.3 Å². The summed E-state index contributed by atoms with van der Waals surface area (Å²) in [5.41, 5.74) is 1.05. The summed E-state index contributed by atoms with van der Waals surface area (Å²) in [4.78, 5) is 4.53. The zero-order valence-electron chi connectivity index (χ0n) is 13.2. The molecule has 2 aromatic rings. The number of hydrogen-bond acceptors (Lipinski definition) is 5. The van der Waals surface area contributed by atoms with Gasteiger partial charge in [0.15, 0.2) is 5.65 Å². The van der Waals surface area contributed by atoms with E-state index in [9.17, 15) is 0 Å². The predicted octanol–water partition coefficient (Wildman–Crippen LogP) is 3.19. The Hall–Kier alpha value is -0.445. The summed E-state index contributed by atoms with van der Waals surface area (Å²) in [5, 5.41) is 1.02. The summed E-state index contributed by atoms with van der Waals surface area (Å²) in [7, 11) is 2.75. The van der Waals surface area contributed by atoms with Crippen molar-refractivity contribution < 1.29 is 14.0 Å². The molecule has 0 N–H and O–H groups in total. The van der Waals surface area contributed by atoms with Crippen molar-refractivity contribution in [1.29, 1.82) is 0 Å². The van der Waals surface area contributed by atoms with Crippen molar-refractivity contribution >= 4 is 53.9 Å². The number of methoxy groups -OCH3 is 1. The highest BCUT2D eigenvalue weighted by Crippen LogP contribution is 2.37. The largest absolute Gasteiger partial charge is 0.495 e.